The van der Waals surface area contributed by atoms with E-state index in [9.17, 15) is 4.79 Å². The molecule has 4 nitrogen and oxygen atoms in total. The lowest BCUT2D eigenvalue weighted by molar-refractivity contribution is -0.133. The number of carbonyl (C=O) groups is 1. The summed E-state index contributed by atoms with van der Waals surface area (Å²) in [5.74, 6) is 1.01. The maximum atomic E-state index is 11.8. The Balaban J connectivity index is 2.23. The van der Waals surface area contributed by atoms with Gasteiger partial charge in [-0.05, 0) is 39.4 Å². The number of likely N-dealkylation sites (N-methyl/N-ethyl adjacent to an activating group) is 1. The molecule has 4 heteroatoms. The summed E-state index contributed by atoms with van der Waals surface area (Å²) < 4.78 is 0. The fourth-order valence-electron chi connectivity index (χ4n) is 2.16. The van der Waals surface area contributed by atoms with Crippen molar-refractivity contribution in [3.8, 4) is 0 Å². The van der Waals surface area contributed by atoms with Crippen LogP contribution in [0.2, 0.25) is 0 Å². The minimum atomic E-state index is 0.269. The van der Waals surface area contributed by atoms with Crippen LogP contribution in [0.3, 0.4) is 0 Å². The van der Waals surface area contributed by atoms with Gasteiger partial charge in [0.1, 0.15) is 0 Å². The highest BCUT2D eigenvalue weighted by Crippen LogP contribution is 2.16. The molecule has 1 saturated heterocycles. The van der Waals surface area contributed by atoms with Crippen molar-refractivity contribution in [1.82, 2.24) is 15.1 Å². The summed E-state index contributed by atoms with van der Waals surface area (Å²) in [4.78, 5) is 15.8. The lowest BCUT2D eigenvalue weighted by Crippen LogP contribution is -2.44. The summed E-state index contributed by atoms with van der Waals surface area (Å²) in [6.45, 7) is 7.84. The third-order valence-electron chi connectivity index (χ3n) is 3.23. The van der Waals surface area contributed by atoms with Crippen LogP contribution >= 0.6 is 0 Å². The molecule has 17 heavy (non-hydrogen) atoms. The Morgan fingerprint density at radius 3 is 2.41 bits per heavy atom. The van der Waals surface area contributed by atoms with Crippen LogP contribution in [0.25, 0.3) is 0 Å². The van der Waals surface area contributed by atoms with Crippen LogP contribution in [-0.2, 0) is 4.79 Å². The first kappa shape index (κ1) is 14.5. The van der Waals surface area contributed by atoms with E-state index in [1.54, 1.807) is 0 Å². The van der Waals surface area contributed by atoms with Gasteiger partial charge in [0.15, 0.2) is 0 Å². The average molecular weight is 241 g/mol. The second kappa shape index (κ2) is 6.97. The zero-order valence-corrected chi connectivity index (χ0v) is 11.7. The number of carbonyl (C=O) groups excluding carboxylic acids is 1. The standard InChI is InChI=1S/C13H27N3O/c1-11(2)14-9-12-5-7-16(8-6-12)13(17)10-15(3)4/h11-12,14H,5-10H2,1-4H3. The van der Waals surface area contributed by atoms with Crippen LogP contribution in [0.1, 0.15) is 26.7 Å². The molecule has 0 aliphatic carbocycles. The van der Waals surface area contributed by atoms with Gasteiger partial charge in [-0.2, -0.15) is 0 Å². The molecule has 1 aliphatic heterocycles. The maximum Gasteiger partial charge on any atom is 0.236 e. The van der Waals surface area contributed by atoms with Crippen LogP contribution in [0.4, 0.5) is 0 Å². The first-order chi connectivity index (χ1) is 7.99. The third kappa shape index (κ3) is 5.50. The molecule has 1 rings (SSSR count). The molecule has 0 aromatic rings. The predicted octanol–water partition coefficient (Wildman–Crippen LogP) is 0.785. The van der Waals surface area contributed by atoms with Crippen molar-refractivity contribution < 1.29 is 4.79 Å². The minimum absolute atomic E-state index is 0.269. The summed E-state index contributed by atoms with van der Waals surface area (Å²) in [6, 6.07) is 0.559. The molecule has 0 radical (unpaired) electrons. The molecular weight excluding hydrogens is 214 g/mol. The Bertz CT molecular complexity index is 233. The average Bonchev–Trinajstić information content (AvgIpc) is 2.26. The highest BCUT2D eigenvalue weighted by molar-refractivity contribution is 5.78. The third-order valence-corrected chi connectivity index (χ3v) is 3.23. The molecule has 0 aromatic heterocycles. The molecule has 0 unspecified atom stereocenters. The molecule has 0 spiro atoms. The van der Waals surface area contributed by atoms with E-state index in [2.05, 4.69) is 19.2 Å². The normalized spacial score (nSPS) is 18.1. The molecular formula is C13H27N3O. The van der Waals surface area contributed by atoms with E-state index >= 15 is 0 Å². The van der Waals surface area contributed by atoms with Gasteiger partial charge in [-0.15, -0.1) is 0 Å². The molecule has 1 aliphatic rings. The van der Waals surface area contributed by atoms with Gasteiger partial charge in [0.2, 0.25) is 5.91 Å². The second-order valence-electron chi connectivity index (χ2n) is 5.62. The molecule has 1 heterocycles. The van der Waals surface area contributed by atoms with Crippen molar-refractivity contribution in [1.29, 1.82) is 0 Å². The zero-order chi connectivity index (χ0) is 12.8. The van der Waals surface area contributed by atoms with Gasteiger partial charge in [-0.3, -0.25) is 4.79 Å². The molecule has 0 bridgehead atoms. The number of piperidine rings is 1. The van der Waals surface area contributed by atoms with Gasteiger partial charge in [0.05, 0.1) is 6.54 Å². The van der Waals surface area contributed by atoms with Crippen molar-refractivity contribution in [2.75, 3.05) is 40.3 Å². The highest BCUT2D eigenvalue weighted by atomic mass is 16.2. The topological polar surface area (TPSA) is 35.6 Å². The molecule has 0 saturated carbocycles. The van der Waals surface area contributed by atoms with E-state index in [4.69, 9.17) is 0 Å². The van der Waals surface area contributed by atoms with E-state index in [0.29, 0.717) is 12.6 Å². The lowest BCUT2D eigenvalue weighted by Gasteiger charge is -2.33. The number of nitrogens with zero attached hydrogens (tertiary/aromatic N) is 2. The van der Waals surface area contributed by atoms with Crippen molar-refractivity contribution in [3.63, 3.8) is 0 Å². The van der Waals surface area contributed by atoms with Gasteiger partial charge in [-0.25, -0.2) is 0 Å². The molecule has 0 atom stereocenters. The Morgan fingerprint density at radius 2 is 1.94 bits per heavy atom. The summed E-state index contributed by atoms with van der Waals surface area (Å²) in [7, 11) is 3.88. The van der Waals surface area contributed by atoms with Gasteiger partial charge in [0.25, 0.3) is 0 Å². The number of likely N-dealkylation sites (tertiary alicyclic amines) is 1. The number of nitrogens with one attached hydrogen (secondary N) is 1. The Kier molecular flexibility index (Phi) is 5.92. The van der Waals surface area contributed by atoms with Crippen molar-refractivity contribution in [2.24, 2.45) is 5.92 Å². The van der Waals surface area contributed by atoms with Crippen LogP contribution in [0, 0.1) is 5.92 Å². The summed E-state index contributed by atoms with van der Waals surface area (Å²) >= 11 is 0. The summed E-state index contributed by atoms with van der Waals surface area (Å²) in [5.41, 5.74) is 0. The zero-order valence-electron chi connectivity index (χ0n) is 11.7. The number of rotatable bonds is 5. The van der Waals surface area contributed by atoms with Crippen LogP contribution < -0.4 is 5.32 Å². The van der Waals surface area contributed by atoms with Crippen LogP contribution in [0.5, 0.6) is 0 Å². The number of hydrogen-bond donors (Lipinski definition) is 1. The van der Waals surface area contributed by atoms with Crippen molar-refractivity contribution >= 4 is 5.91 Å². The van der Waals surface area contributed by atoms with Crippen molar-refractivity contribution in [2.45, 2.75) is 32.7 Å². The van der Waals surface area contributed by atoms with E-state index in [0.717, 1.165) is 38.4 Å². The fraction of sp³-hybridized carbons (Fsp3) is 0.923. The lowest BCUT2D eigenvalue weighted by atomic mass is 9.96. The molecule has 1 N–H and O–H groups in total. The first-order valence-corrected chi connectivity index (χ1v) is 6.65. The van der Waals surface area contributed by atoms with Gasteiger partial charge in [-0.1, -0.05) is 13.8 Å². The molecule has 100 valence electrons. The van der Waals surface area contributed by atoms with E-state index in [-0.39, 0.29) is 5.91 Å². The highest BCUT2D eigenvalue weighted by Gasteiger charge is 2.22. The largest absolute Gasteiger partial charge is 0.342 e. The monoisotopic (exact) mass is 241 g/mol. The van der Waals surface area contributed by atoms with Crippen LogP contribution in [0.15, 0.2) is 0 Å². The SMILES string of the molecule is CC(C)NCC1CCN(C(=O)CN(C)C)CC1. The number of amides is 1. The van der Waals surface area contributed by atoms with Gasteiger partial charge < -0.3 is 15.1 Å². The molecule has 0 aromatic carbocycles. The Hall–Kier alpha value is -0.610. The Labute approximate surface area is 105 Å². The van der Waals surface area contributed by atoms with E-state index in [1.807, 2.05) is 23.9 Å². The van der Waals surface area contributed by atoms with Crippen LogP contribution in [-0.4, -0.2) is 62.0 Å². The quantitative estimate of drug-likeness (QED) is 0.773. The smallest absolute Gasteiger partial charge is 0.236 e. The van der Waals surface area contributed by atoms with E-state index in [1.165, 1.54) is 0 Å². The Morgan fingerprint density at radius 1 is 1.35 bits per heavy atom. The summed E-state index contributed by atoms with van der Waals surface area (Å²) in [5, 5.41) is 3.48. The van der Waals surface area contributed by atoms with Crippen molar-refractivity contribution in [3.05, 3.63) is 0 Å². The van der Waals surface area contributed by atoms with Gasteiger partial charge in [0, 0.05) is 19.1 Å². The minimum Gasteiger partial charge on any atom is -0.342 e. The van der Waals surface area contributed by atoms with E-state index < -0.39 is 0 Å². The summed E-state index contributed by atoms with van der Waals surface area (Å²) in [6.07, 6.45) is 2.28. The fourth-order valence-corrected chi connectivity index (χ4v) is 2.16. The molecule has 1 fully saturated rings. The maximum absolute atomic E-state index is 11.8. The second-order valence-corrected chi connectivity index (χ2v) is 5.62. The van der Waals surface area contributed by atoms with Gasteiger partial charge >= 0.3 is 0 Å². The predicted molar refractivity (Wildman–Crippen MR) is 71.0 cm³/mol. The first-order valence-electron chi connectivity index (χ1n) is 6.65. The molecule has 1 amide bonds. The number of hydrogen-bond acceptors (Lipinski definition) is 3.